The predicted octanol–water partition coefficient (Wildman–Crippen LogP) is 4.00. The van der Waals surface area contributed by atoms with Crippen LogP contribution in [0.3, 0.4) is 0 Å². The normalized spacial score (nSPS) is 10.9. The molecule has 0 saturated carbocycles. The average molecular weight is 469 g/mol. The Labute approximate surface area is 198 Å². The maximum absolute atomic E-state index is 12.5. The van der Waals surface area contributed by atoms with Crippen LogP contribution in [-0.4, -0.2) is 37.1 Å². The number of carboxylic acid groups (broad SMARTS) is 1. The molecule has 0 atom stereocenters. The highest BCUT2D eigenvalue weighted by molar-refractivity contribution is 6.02. The molecule has 0 unspecified atom stereocenters. The first kappa shape index (κ1) is 21.8. The zero-order valence-corrected chi connectivity index (χ0v) is 18.3. The number of aromatic carboxylic acids is 1. The molecular weight excluding hydrogens is 450 g/mol. The SMILES string of the molecule is O=C(Cn1cc(COc2ccc(-c3cc(C(=O)O)no3)cc2)nn1)Nc1cccc2ccccc12. The van der Waals surface area contributed by atoms with Gasteiger partial charge in [-0.2, -0.15) is 0 Å². The van der Waals surface area contributed by atoms with Crippen molar-refractivity contribution in [2.45, 2.75) is 13.2 Å². The van der Waals surface area contributed by atoms with Crippen molar-refractivity contribution < 1.29 is 24.0 Å². The number of hydrogen-bond acceptors (Lipinski definition) is 7. The van der Waals surface area contributed by atoms with E-state index in [0.29, 0.717) is 22.8 Å². The molecule has 2 aromatic heterocycles. The minimum absolute atomic E-state index is 0.0143. The Balaban J connectivity index is 1.16. The van der Waals surface area contributed by atoms with Gasteiger partial charge in [-0.15, -0.1) is 5.10 Å². The fourth-order valence-electron chi connectivity index (χ4n) is 3.54. The third-order valence-corrected chi connectivity index (χ3v) is 5.21. The van der Waals surface area contributed by atoms with Gasteiger partial charge in [-0.25, -0.2) is 9.48 Å². The Hall–Kier alpha value is -4.99. The van der Waals surface area contributed by atoms with Crippen LogP contribution in [0.4, 0.5) is 5.69 Å². The first-order valence-electron chi connectivity index (χ1n) is 10.6. The standard InChI is InChI=1S/C25H19N5O5/c31-24(26-21-7-3-5-16-4-1-2-6-20(16)21)14-30-13-18(27-29-30)15-34-19-10-8-17(9-11-19)23-12-22(25(32)33)28-35-23/h1-13H,14-15H2,(H,26,31)(H,32,33). The number of aromatic nitrogens is 4. The fourth-order valence-corrected chi connectivity index (χ4v) is 3.54. The number of fused-ring (bicyclic) bond motifs is 1. The Morgan fingerprint density at radius 1 is 1.03 bits per heavy atom. The lowest BCUT2D eigenvalue weighted by Crippen LogP contribution is -2.19. The third-order valence-electron chi connectivity index (χ3n) is 5.21. The minimum Gasteiger partial charge on any atom is -0.487 e. The van der Waals surface area contributed by atoms with Crippen LogP contribution in [0.5, 0.6) is 5.75 Å². The van der Waals surface area contributed by atoms with E-state index in [0.717, 1.165) is 16.5 Å². The molecule has 2 N–H and O–H groups in total. The quantitative estimate of drug-likeness (QED) is 0.348. The van der Waals surface area contributed by atoms with Crippen LogP contribution in [0.15, 0.2) is 83.5 Å². The molecule has 0 bridgehead atoms. The van der Waals surface area contributed by atoms with Gasteiger partial charge in [-0.1, -0.05) is 46.8 Å². The average Bonchev–Trinajstić information content (AvgIpc) is 3.53. The van der Waals surface area contributed by atoms with E-state index in [1.165, 1.54) is 10.7 Å². The van der Waals surface area contributed by atoms with Crippen molar-refractivity contribution in [3.63, 3.8) is 0 Å². The molecule has 174 valence electrons. The van der Waals surface area contributed by atoms with E-state index in [9.17, 15) is 9.59 Å². The van der Waals surface area contributed by atoms with Crippen molar-refractivity contribution in [1.29, 1.82) is 0 Å². The summed E-state index contributed by atoms with van der Waals surface area (Å²) in [5.74, 6) is -0.444. The number of benzene rings is 3. The molecule has 1 amide bonds. The Bertz CT molecular complexity index is 1500. The van der Waals surface area contributed by atoms with E-state index in [1.807, 2.05) is 42.5 Å². The summed E-state index contributed by atoms with van der Waals surface area (Å²) >= 11 is 0. The molecular formula is C25H19N5O5. The largest absolute Gasteiger partial charge is 0.487 e. The van der Waals surface area contributed by atoms with Crippen LogP contribution in [0.25, 0.3) is 22.1 Å². The number of amides is 1. The summed E-state index contributed by atoms with van der Waals surface area (Å²) in [5.41, 5.74) is 1.81. The van der Waals surface area contributed by atoms with Crippen molar-refractivity contribution in [1.82, 2.24) is 20.2 Å². The number of carbonyl (C=O) groups is 2. The summed E-state index contributed by atoms with van der Waals surface area (Å²) < 4.78 is 12.2. The minimum atomic E-state index is -1.15. The smallest absolute Gasteiger partial charge is 0.358 e. The lowest BCUT2D eigenvalue weighted by molar-refractivity contribution is -0.116. The topological polar surface area (TPSA) is 132 Å². The molecule has 0 aliphatic rings. The van der Waals surface area contributed by atoms with Gasteiger partial charge >= 0.3 is 5.97 Å². The highest BCUT2D eigenvalue weighted by atomic mass is 16.5. The van der Waals surface area contributed by atoms with Gasteiger partial charge in [0.05, 0.1) is 6.20 Å². The van der Waals surface area contributed by atoms with E-state index in [4.69, 9.17) is 14.4 Å². The molecule has 10 heteroatoms. The number of carbonyl (C=O) groups excluding carboxylic acids is 1. The van der Waals surface area contributed by atoms with Gasteiger partial charge in [0.1, 0.15) is 24.6 Å². The van der Waals surface area contributed by atoms with Crippen molar-refractivity contribution in [2.75, 3.05) is 5.32 Å². The van der Waals surface area contributed by atoms with E-state index < -0.39 is 5.97 Å². The van der Waals surface area contributed by atoms with Crippen LogP contribution in [-0.2, 0) is 17.9 Å². The molecule has 5 aromatic rings. The Morgan fingerprint density at radius 2 is 1.83 bits per heavy atom. The number of carboxylic acids is 1. The zero-order valence-electron chi connectivity index (χ0n) is 18.3. The lowest BCUT2D eigenvalue weighted by atomic mass is 10.1. The number of anilines is 1. The molecule has 0 radical (unpaired) electrons. The van der Waals surface area contributed by atoms with Crippen molar-refractivity contribution in [3.05, 3.63) is 90.4 Å². The van der Waals surface area contributed by atoms with Crippen molar-refractivity contribution >= 4 is 28.3 Å². The van der Waals surface area contributed by atoms with Gasteiger partial charge < -0.3 is 19.7 Å². The fraction of sp³-hybridized carbons (Fsp3) is 0.0800. The zero-order chi connectivity index (χ0) is 24.2. The predicted molar refractivity (Wildman–Crippen MR) is 126 cm³/mol. The Kier molecular flexibility index (Phi) is 5.91. The van der Waals surface area contributed by atoms with Crippen LogP contribution in [0.2, 0.25) is 0 Å². The maximum atomic E-state index is 12.5. The summed E-state index contributed by atoms with van der Waals surface area (Å²) in [7, 11) is 0. The van der Waals surface area contributed by atoms with Gasteiger partial charge in [0.15, 0.2) is 11.5 Å². The molecule has 35 heavy (non-hydrogen) atoms. The van der Waals surface area contributed by atoms with Crippen molar-refractivity contribution in [2.24, 2.45) is 0 Å². The second-order valence-electron chi connectivity index (χ2n) is 7.68. The van der Waals surface area contributed by atoms with Crippen LogP contribution in [0, 0.1) is 0 Å². The number of nitrogens with one attached hydrogen (secondary N) is 1. The Morgan fingerprint density at radius 3 is 2.63 bits per heavy atom. The molecule has 0 aliphatic heterocycles. The third kappa shape index (κ3) is 5.01. The molecule has 0 spiro atoms. The maximum Gasteiger partial charge on any atom is 0.358 e. The van der Waals surface area contributed by atoms with Crippen LogP contribution in [0.1, 0.15) is 16.2 Å². The summed E-state index contributed by atoms with van der Waals surface area (Å²) in [6, 6.07) is 21.8. The van der Waals surface area contributed by atoms with Crippen molar-refractivity contribution in [3.8, 4) is 17.1 Å². The number of ether oxygens (including phenoxy) is 1. The van der Waals surface area contributed by atoms with Gasteiger partial charge in [-0.05, 0) is 35.7 Å². The number of rotatable bonds is 8. The second kappa shape index (κ2) is 9.48. The number of nitrogens with zero attached hydrogens (tertiary/aromatic N) is 4. The van der Waals surface area contributed by atoms with E-state index in [-0.39, 0.29) is 24.8 Å². The summed E-state index contributed by atoms with van der Waals surface area (Å²) in [6.45, 7) is 0.177. The highest BCUT2D eigenvalue weighted by Gasteiger charge is 2.13. The molecule has 2 heterocycles. The van der Waals surface area contributed by atoms with E-state index in [2.05, 4.69) is 20.8 Å². The van der Waals surface area contributed by atoms with Gasteiger partial charge in [0, 0.05) is 22.7 Å². The summed E-state index contributed by atoms with van der Waals surface area (Å²) in [5, 5.41) is 25.4. The first-order chi connectivity index (χ1) is 17.0. The number of hydrogen-bond donors (Lipinski definition) is 2. The monoisotopic (exact) mass is 469 g/mol. The van der Waals surface area contributed by atoms with Gasteiger partial charge in [-0.3, -0.25) is 4.79 Å². The molecule has 10 nitrogen and oxygen atoms in total. The molecule has 0 fully saturated rings. The van der Waals surface area contributed by atoms with Gasteiger partial charge in [0.2, 0.25) is 5.91 Å². The molecule has 0 saturated heterocycles. The molecule has 3 aromatic carbocycles. The first-order valence-corrected chi connectivity index (χ1v) is 10.6. The van der Waals surface area contributed by atoms with Gasteiger partial charge in [0.25, 0.3) is 0 Å². The summed E-state index contributed by atoms with van der Waals surface area (Å²) in [6.07, 6.45) is 1.65. The van der Waals surface area contributed by atoms with E-state index >= 15 is 0 Å². The van der Waals surface area contributed by atoms with Crippen LogP contribution >= 0.6 is 0 Å². The second-order valence-corrected chi connectivity index (χ2v) is 7.68. The summed E-state index contributed by atoms with van der Waals surface area (Å²) in [4.78, 5) is 23.5. The highest BCUT2D eigenvalue weighted by Crippen LogP contribution is 2.24. The van der Waals surface area contributed by atoms with Crippen LogP contribution < -0.4 is 10.1 Å². The lowest BCUT2D eigenvalue weighted by Gasteiger charge is -2.08. The van der Waals surface area contributed by atoms with E-state index in [1.54, 1.807) is 30.5 Å². The molecule has 5 rings (SSSR count). The molecule has 0 aliphatic carbocycles.